The van der Waals surface area contributed by atoms with Crippen molar-refractivity contribution in [1.82, 2.24) is 4.72 Å². The minimum absolute atomic E-state index is 0.231. The third-order valence-electron chi connectivity index (χ3n) is 2.83. The monoisotopic (exact) mass is 301 g/mol. The topological polar surface area (TPSA) is 21.3 Å². The largest absolute Gasteiger partial charge is 0.457 e. The van der Waals surface area contributed by atoms with Crippen LogP contribution < -0.4 is 9.46 Å². The Bertz CT molecular complexity index is 555. The fourth-order valence-corrected chi connectivity index (χ4v) is 2.43. The van der Waals surface area contributed by atoms with Gasteiger partial charge in [0.05, 0.1) is 0 Å². The predicted octanol–water partition coefficient (Wildman–Crippen LogP) is 5.32. The van der Waals surface area contributed by atoms with Crippen LogP contribution in [-0.4, -0.2) is 4.75 Å². The third kappa shape index (κ3) is 5.82. The van der Waals surface area contributed by atoms with Crippen LogP contribution in [0.4, 0.5) is 0 Å². The molecule has 1 N–H and O–H groups in total. The van der Waals surface area contributed by atoms with Gasteiger partial charge in [0, 0.05) is 11.3 Å². The molecule has 2 aromatic rings. The molecular weight excluding hydrogens is 278 g/mol. The van der Waals surface area contributed by atoms with Crippen molar-refractivity contribution >= 4 is 11.9 Å². The molecule has 2 rings (SSSR count). The fraction of sp³-hybridized carbons (Fsp3) is 0.333. The van der Waals surface area contributed by atoms with E-state index in [0.29, 0.717) is 0 Å². The van der Waals surface area contributed by atoms with Gasteiger partial charge in [-0.2, -0.15) is 0 Å². The Morgan fingerprint density at radius 1 is 0.905 bits per heavy atom. The van der Waals surface area contributed by atoms with Crippen LogP contribution in [0.2, 0.25) is 0 Å². The highest BCUT2D eigenvalue weighted by molar-refractivity contribution is 7.98. The fourth-order valence-electron chi connectivity index (χ4n) is 1.75. The van der Waals surface area contributed by atoms with E-state index in [9.17, 15) is 0 Å². The standard InChI is InChI=1S/C18H23NOS/c1-14-5-9-16(10-6-14)20-17-11-7-15(8-12-17)13-19-21-18(2,3)4/h5-12,19H,13H2,1-4H3. The molecule has 0 saturated carbocycles. The predicted molar refractivity (Wildman–Crippen MR) is 91.9 cm³/mol. The molecule has 0 radical (unpaired) electrons. The van der Waals surface area contributed by atoms with E-state index in [1.807, 2.05) is 24.3 Å². The van der Waals surface area contributed by atoms with Crippen LogP contribution in [0.5, 0.6) is 11.5 Å². The maximum atomic E-state index is 5.82. The van der Waals surface area contributed by atoms with E-state index in [-0.39, 0.29) is 4.75 Å². The molecule has 0 aliphatic heterocycles. The van der Waals surface area contributed by atoms with E-state index in [1.54, 1.807) is 11.9 Å². The van der Waals surface area contributed by atoms with Crippen molar-refractivity contribution in [2.45, 2.75) is 39.0 Å². The molecule has 0 atom stereocenters. The Morgan fingerprint density at radius 3 is 1.95 bits per heavy atom. The maximum Gasteiger partial charge on any atom is 0.127 e. The van der Waals surface area contributed by atoms with E-state index >= 15 is 0 Å². The quantitative estimate of drug-likeness (QED) is 0.755. The second-order valence-electron chi connectivity index (χ2n) is 6.09. The summed E-state index contributed by atoms with van der Waals surface area (Å²) in [6.07, 6.45) is 0. The van der Waals surface area contributed by atoms with Gasteiger partial charge in [-0.15, -0.1) is 0 Å². The Morgan fingerprint density at radius 2 is 1.43 bits per heavy atom. The van der Waals surface area contributed by atoms with Gasteiger partial charge < -0.3 is 4.74 Å². The smallest absolute Gasteiger partial charge is 0.127 e. The molecule has 0 amide bonds. The molecule has 2 aromatic carbocycles. The van der Waals surface area contributed by atoms with Gasteiger partial charge in [-0.1, -0.05) is 41.8 Å². The van der Waals surface area contributed by atoms with Crippen LogP contribution in [0.15, 0.2) is 48.5 Å². The lowest BCUT2D eigenvalue weighted by Crippen LogP contribution is -2.16. The highest BCUT2D eigenvalue weighted by atomic mass is 32.2. The normalized spacial score (nSPS) is 11.4. The first-order valence-electron chi connectivity index (χ1n) is 7.17. The first kappa shape index (κ1) is 15.9. The second-order valence-corrected chi connectivity index (χ2v) is 7.81. The van der Waals surface area contributed by atoms with Crippen LogP contribution in [0, 0.1) is 6.92 Å². The molecule has 0 fully saturated rings. The van der Waals surface area contributed by atoms with Gasteiger partial charge in [0.25, 0.3) is 0 Å². The van der Waals surface area contributed by atoms with Crippen molar-refractivity contribution in [1.29, 1.82) is 0 Å². The number of hydrogen-bond acceptors (Lipinski definition) is 3. The number of benzene rings is 2. The molecule has 0 aliphatic rings. The molecule has 0 bridgehead atoms. The number of nitrogens with one attached hydrogen (secondary N) is 1. The van der Waals surface area contributed by atoms with Crippen molar-refractivity contribution in [3.8, 4) is 11.5 Å². The van der Waals surface area contributed by atoms with Gasteiger partial charge in [0.15, 0.2) is 0 Å². The molecule has 0 heterocycles. The lowest BCUT2D eigenvalue weighted by atomic mass is 10.2. The van der Waals surface area contributed by atoms with Crippen molar-refractivity contribution in [2.24, 2.45) is 0 Å². The number of hydrogen-bond donors (Lipinski definition) is 1. The minimum Gasteiger partial charge on any atom is -0.457 e. The molecule has 3 heteroatoms. The Kier molecular flexibility index (Phi) is 5.32. The van der Waals surface area contributed by atoms with Gasteiger partial charge in [-0.05, 0) is 57.5 Å². The highest BCUT2D eigenvalue weighted by Crippen LogP contribution is 2.23. The molecular formula is C18H23NOS. The molecule has 21 heavy (non-hydrogen) atoms. The zero-order chi connectivity index (χ0) is 15.3. The average molecular weight is 301 g/mol. The number of rotatable bonds is 5. The molecule has 2 nitrogen and oxygen atoms in total. The maximum absolute atomic E-state index is 5.82. The average Bonchev–Trinajstić information content (AvgIpc) is 2.42. The van der Waals surface area contributed by atoms with E-state index in [0.717, 1.165) is 18.0 Å². The number of aryl methyl sites for hydroxylation is 1. The van der Waals surface area contributed by atoms with Crippen LogP contribution in [-0.2, 0) is 6.54 Å². The van der Waals surface area contributed by atoms with Crippen molar-refractivity contribution < 1.29 is 4.74 Å². The summed E-state index contributed by atoms with van der Waals surface area (Å²) in [7, 11) is 0. The summed E-state index contributed by atoms with van der Waals surface area (Å²) in [6, 6.07) is 16.3. The number of ether oxygens (including phenoxy) is 1. The van der Waals surface area contributed by atoms with Gasteiger partial charge in [-0.3, -0.25) is 4.72 Å². The molecule has 0 aromatic heterocycles. The summed E-state index contributed by atoms with van der Waals surface area (Å²) in [5.74, 6) is 1.74. The van der Waals surface area contributed by atoms with Gasteiger partial charge >= 0.3 is 0 Å². The summed E-state index contributed by atoms with van der Waals surface area (Å²) >= 11 is 1.76. The minimum atomic E-state index is 0.231. The van der Waals surface area contributed by atoms with Crippen molar-refractivity contribution in [2.75, 3.05) is 0 Å². The van der Waals surface area contributed by atoms with Crippen LogP contribution in [0.1, 0.15) is 31.9 Å². The van der Waals surface area contributed by atoms with E-state index in [2.05, 4.69) is 56.7 Å². The molecule has 0 spiro atoms. The Hall–Kier alpha value is -1.45. The third-order valence-corrected chi connectivity index (χ3v) is 3.74. The zero-order valence-corrected chi connectivity index (χ0v) is 14.0. The van der Waals surface area contributed by atoms with Crippen molar-refractivity contribution in [3.63, 3.8) is 0 Å². The van der Waals surface area contributed by atoms with Crippen molar-refractivity contribution in [3.05, 3.63) is 59.7 Å². The first-order chi connectivity index (χ1) is 9.92. The van der Waals surface area contributed by atoms with Crippen LogP contribution >= 0.6 is 11.9 Å². The molecule has 112 valence electrons. The zero-order valence-electron chi connectivity index (χ0n) is 13.1. The molecule has 0 unspecified atom stereocenters. The van der Waals surface area contributed by atoms with Gasteiger partial charge in [0.1, 0.15) is 11.5 Å². The SMILES string of the molecule is Cc1ccc(Oc2ccc(CNSC(C)(C)C)cc2)cc1. The van der Waals surface area contributed by atoms with E-state index in [1.165, 1.54) is 11.1 Å². The van der Waals surface area contributed by atoms with Crippen LogP contribution in [0.3, 0.4) is 0 Å². The summed E-state index contributed by atoms with van der Waals surface area (Å²) < 4.78 is 9.44. The van der Waals surface area contributed by atoms with E-state index in [4.69, 9.17) is 4.74 Å². The molecule has 0 saturated heterocycles. The lowest BCUT2D eigenvalue weighted by Gasteiger charge is -2.17. The summed E-state index contributed by atoms with van der Waals surface area (Å²) in [6.45, 7) is 9.52. The molecule has 0 aliphatic carbocycles. The lowest BCUT2D eigenvalue weighted by molar-refractivity contribution is 0.482. The summed E-state index contributed by atoms with van der Waals surface area (Å²) in [4.78, 5) is 0. The highest BCUT2D eigenvalue weighted by Gasteiger charge is 2.09. The summed E-state index contributed by atoms with van der Waals surface area (Å²) in [5, 5.41) is 0. The van der Waals surface area contributed by atoms with Gasteiger partial charge in [-0.25, -0.2) is 0 Å². The van der Waals surface area contributed by atoms with E-state index < -0.39 is 0 Å². The Labute approximate surface area is 132 Å². The second kappa shape index (κ2) is 7.01. The van der Waals surface area contributed by atoms with Gasteiger partial charge in [0.2, 0.25) is 0 Å². The Balaban J connectivity index is 1.88. The summed E-state index contributed by atoms with van der Waals surface area (Å²) in [5.41, 5.74) is 2.49. The van der Waals surface area contributed by atoms with Crippen LogP contribution in [0.25, 0.3) is 0 Å². The first-order valence-corrected chi connectivity index (χ1v) is 7.98.